The standard InChI is InChI=1S/C16H11BrINO/c17-15-6-5-11(18)7-13(15)16(20)14-9-19-8-10-3-1-2-4-12(10)14/h1-9,16,20H. The van der Waals surface area contributed by atoms with Crippen LogP contribution in [0.25, 0.3) is 10.8 Å². The first-order valence-corrected chi connectivity index (χ1v) is 7.99. The first-order chi connectivity index (χ1) is 9.66. The number of hydrogen-bond acceptors (Lipinski definition) is 2. The van der Waals surface area contributed by atoms with Crippen LogP contribution in [0.15, 0.2) is 59.3 Å². The number of hydrogen-bond donors (Lipinski definition) is 1. The molecule has 100 valence electrons. The van der Waals surface area contributed by atoms with Gasteiger partial charge in [0.2, 0.25) is 0 Å². The van der Waals surface area contributed by atoms with Crippen LogP contribution in [-0.2, 0) is 0 Å². The molecule has 1 heterocycles. The van der Waals surface area contributed by atoms with Crippen molar-refractivity contribution in [3.8, 4) is 0 Å². The van der Waals surface area contributed by atoms with Gasteiger partial charge in [-0.15, -0.1) is 0 Å². The fraction of sp³-hybridized carbons (Fsp3) is 0.0625. The summed E-state index contributed by atoms with van der Waals surface area (Å²) in [6.07, 6.45) is 2.85. The Labute approximate surface area is 139 Å². The van der Waals surface area contributed by atoms with Crippen LogP contribution in [0.4, 0.5) is 0 Å². The molecule has 1 atom stereocenters. The SMILES string of the molecule is OC(c1cc(I)ccc1Br)c1cncc2ccccc12. The van der Waals surface area contributed by atoms with Crippen molar-refractivity contribution < 1.29 is 5.11 Å². The average Bonchev–Trinajstić information content (AvgIpc) is 2.48. The third kappa shape index (κ3) is 2.60. The Morgan fingerprint density at radius 2 is 1.85 bits per heavy atom. The molecular weight excluding hydrogens is 429 g/mol. The van der Waals surface area contributed by atoms with E-state index < -0.39 is 6.10 Å². The van der Waals surface area contributed by atoms with Crippen molar-refractivity contribution in [2.24, 2.45) is 0 Å². The Morgan fingerprint density at radius 3 is 2.70 bits per heavy atom. The van der Waals surface area contributed by atoms with E-state index in [0.29, 0.717) is 0 Å². The van der Waals surface area contributed by atoms with Gasteiger partial charge in [-0.1, -0.05) is 40.2 Å². The van der Waals surface area contributed by atoms with Gasteiger partial charge in [-0.3, -0.25) is 4.98 Å². The van der Waals surface area contributed by atoms with Crippen molar-refractivity contribution in [2.45, 2.75) is 6.10 Å². The van der Waals surface area contributed by atoms with E-state index in [1.54, 1.807) is 6.20 Å². The van der Waals surface area contributed by atoms with E-state index in [0.717, 1.165) is 29.9 Å². The number of aliphatic hydroxyl groups excluding tert-OH is 1. The lowest BCUT2D eigenvalue weighted by Gasteiger charge is -2.15. The van der Waals surface area contributed by atoms with E-state index in [1.807, 2.05) is 48.7 Å². The van der Waals surface area contributed by atoms with E-state index in [1.165, 1.54) is 0 Å². The number of benzene rings is 2. The maximum Gasteiger partial charge on any atom is 0.107 e. The minimum Gasteiger partial charge on any atom is -0.384 e. The lowest BCUT2D eigenvalue weighted by Crippen LogP contribution is -2.02. The largest absolute Gasteiger partial charge is 0.384 e. The summed E-state index contributed by atoms with van der Waals surface area (Å²) in [6.45, 7) is 0. The summed E-state index contributed by atoms with van der Waals surface area (Å²) < 4.78 is 1.99. The Morgan fingerprint density at radius 1 is 1.05 bits per heavy atom. The predicted molar refractivity (Wildman–Crippen MR) is 92.7 cm³/mol. The Bertz CT molecular complexity index is 770. The molecule has 20 heavy (non-hydrogen) atoms. The van der Waals surface area contributed by atoms with Gasteiger partial charge in [-0.25, -0.2) is 0 Å². The number of aliphatic hydroxyl groups is 1. The first kappa shape index (κ1) is 14.0. The van der Waals surface area contributed by atoms with Gasteiger partial charge in [0, 0.05) is 36.9 Å². The maximum atomic E-state index is 10.7. The first-order valence-electron chi connectivity index (χ1n) is 6.12. The number of nitrogens with zero attached hydrogens (tertiary/aromatic N) is 1. The van der Waals surface area contributed by atoms with E-state index in [4.69, 9.17) is 0 Å². The van der Waals surface area contributed by atoms with Crippen LogP contribution in [-0.4, -0.2) is 10.1 Å². The van der Waals surface area contributed by atoms with Crippen molar-refractivity contribution in [1.82, 2.24) is 4.98 Å². The van der Waals surface area contributed by atoms with Gasteiger partial charge in [0.1, 0.15) is 6.10 Å². The highest BCUT2D eigenvalue weighted by atomic mass is 127. The molecule has 0 aliphatic carbocycles. The molecule has 0 saturated carbocycles. The summed E-state index contributed by atoms with van der Waals surface area (Å²) in [5.41, 5.74) is 1.68. The molecular formula is C16H11BrINO. The molecule has 4 heteroatoms. The maximum absolute atomic E-state index is 10.7. The van der Waals surface area contributed by atoms with E-state index in [2.05, 4.69) is 43.5 Å². The molecule has 0 fully saturated rings. The lowest BCUT2D eigenvalue weighted by molar-refractivity contribution is 0.220. The molecule has 1 N–H and O–H groups in total. The van der Waals surface area contributed by atoms with Crippen LogP contribution < -0.4 is 0 Å². The van der Waals surface area contributed by atoms with Gasteiger partial charge in [-0.05, 0) is 46.2 Å². The number of halogens is 2. The monoisotopic (exact) mass is 439 g/mol. The highest BCUT2D eigenvalue weighted by Crippen LogP contribution is 2.32. The van der Waals surface area contributed by atoms with Crippen molar-refractivity contribution in [2.75, 3.05) is 0 Å². The van der Waals surface area contributed by atoms with Gasteiger partial charge in [0.15, 0.2) is 0 Å². The number of fused-ring (bicyclic) bond motifs is 1. The molecule has 3 aromatic rings. The lowest BCUT2D eigenvalue weighted by atomic mass is 9.98. The summed E-state index contributed by atoms with van der Waals surface area (Å²) in [4.78, 5) is 4.23. The van der Waals surface area contributed by atoms with Crippen molar-refractivity contribution >= 4 is 49.3 Å². The fourth-order valence-electron chi connectivity index (χ4n) is 2.25. The van der Waals surface area contributed by atoms with Crippen LogP contribution in [0.1, 0.15) is 17.2 Å². The van der Waals surface area contributed by atoms with Crippen LogP contribution in [0.5, 0.6) is 0 Å². The molecule has 2 nitrogen and oxygen atoms in total. The summed E-state index contributed by atoms with van der Waals surface area (Å²) in [7, 11) is 0. The highest BCUT2D eigenvalue weighted by Gasteiger charge is 2.16. The minimum absolute atomic E-state index is 0.697. The van der Waals surface area contributed by atoms with Crippen molar-refractivity contribution in [3.05, 3.63) is 74.0 Å². The molecule has 0 spiro atoms. The van der Waals surface area contributed by atoms with E-state index >= 15 is 0 Å². The second-order valence-corrected chi connectivity index (χ2v) is 6.62. The second-order valence-electron chi connectivity index (χ2n) is 4.52. The van der Waals surface area contributed by atoms with E-state index in [9.17, 15) is 5.11 Å². The molecule has 0 saturated heterocycles. The molecule has 3 rings (SSSR count). The molecule has 2 aromatic carbocycles. The van der Waals surface area contributed by atoms with Gasteiger partial charge in [0.25, 0.3) is 0 Å². The van der Waals surface area contributed by atoms with Crippen molar-refractivity contribution in [1.29, 1.82) is 0 Å². The molecule has 1 aromatic heterocycles. The van der Waals surface area contributed by atoms with Gasteiger partial charge in [-0.2, -0.15) is 0 Å². The van der Waals surface area contributed by atoms with Crippen molar-refractivity contribution in [3.63, 3.8) is 0 Å². The highest BCUT2D eigenvalue weighted by molar-refractivity contribution is 14.1. The van der Waals surface area contributed by atoms with Gasteiger partial charge in [0.05, 0.1) is 0 Å². The molecule has 0 radical (unpaired) electrons. The second kappa shape index (κ2) is 5.79. The van der Waals surface area contributed by atoms with Crippen LogP contribution in [0.3, 0.4) is 0 Å². The quantitative estimate of drug-likeness (QED) is 0.588. The Hall–Kier alpha value is -0.980. The molecule has 1 unspecified atom stereocenters. The number of aromatic nitrogens is 1. The zero-order valence-corrected chi connectivity index (χ0v) is 14.2. The molecule has 0 bridgehead atoms. The Kier molecular flexibility index (Phi) is 4.05. The zero-order chi connectivity index (χ0) is 14.1. The number of rotatable bonds is 2. The molecule has 0 aliphatic rings. The minimum atomic E-state index is -0.697. The summed E-state index contributed by atoms with van der Waals surface area (Å²) in [6, 6.07) is 13.9. The summed E-state index contributed by atoms with van der Waals surface area (Å²) in [5, 5.41) is 12.8. The van der Waals surface area contributed by atoms with Crippen LogP contribution in [0, 0.1) is 3.57 Å². The van der Waals surface area contributed by atoms with Gasteiger partial charge < -0.3 is 5.11 Å². The number of pyridine rings is 1. The fourth-order valence-corrected chi connectivity index (χ4v) is 3.23. The van der Waals surface area contributed by atoms with E-state index in [-0.39, 0.29) is 0 Å². The average molecular weight is 440 g/mol. The smallest absolute Gasteiger partial charge is 0.107 e. The topological polar surface area (TPSA) is 33.1 Å². The Balaban J connectivity index is 2.17. The third-order valence-corrected chi connectivity index (χ3v) is 4.64. The predicted octanol–water partition coefficient (Wildman–Crippen LogP) is 4.68. The summed E-state index contributed by atoms with van der Waals surface area (Å²) >= 11 is 5.75. The van der Waals surface area contributed by atoms with Gasteiger partial charge >= 0.3 is 0 Å². The molecule has 0 amide bonds. The van der Waals surface area contributed by atoms with Crippen LogP contribution in [0.2, 0.25) is 0 Å². The molecule has 0 aliphatic heterocycles. The zero-order valence-electron chi connectivity index (χ0n) is 10.4. The third-order valence-electron chi connectivity index (χ3n) is 3.25. The normalized spacial score (nSPS) is 12.6. The summed E-state index contributed by atoms with van der Waals surface area (Å²) in [5.74, 6) is 0. The van der Waals surface area contributed by atoms with Crippen LogP contribution >= 0.6 is 38.5 Å².